The molecule has 0 spiro atoms. The Balaban J connectivity index is 2.12. The number of rotatable bonds is 5. The van der Waals surface area contributed by atoms with E-state index in [1.807, 2.05) is 12.1 Å². The second kappa shape index (κ2) is 6.40. The van der Waals surface area contributed by atoms with Gasteiger partial charge in [0.05, 0.1) is 12.4 Å². The molecule has 0 saturated heterocycles. The fraction of sp³-hybridized carbons (Fsp3) is 0.286. The van der Waals surface area contributed by atoms with Crippen molar-refractivity contribution in [2.75, 3.05) is 11.9 Å². The third-order valence-corrected chi connectivity index (χ3v) is 3.56. The van der Waals surface area contributed by atoms with Gasteiger partial charge in [-0.05, 0) is 25.0 Å². The molecule has 2 rings (SSSR count). The van der Waals surface area contributed by atoms with E-state index in [1.54, 1.807) is 24.2 Å². The van der Waals surface area contributed by atoms with Gasteiger partial charge in [0, 0.05) is 11.4 Å². The van der Waals surface area contributed by atoms with Gasteiger partial charge in [-0.25, -0.2) is 4.98 Å². The number of aryl methyl sites for hydroxylation is 1. The Hall–Kier alpha value is -1.55. The van der Waals surface area contributed by atoms with Crippen molar-refractivity contribution in [1.29, 1.82) is 0 Å². The Morgan fingerprint density at radius 1 is 1.22 bits per heavy atom. The highest BCUT2D eigenvalue weighted by Gasteiger charge is 2.03. The van der Waals surface area contributed by atoms with E-state index in [1.165, 1.54) is 10.5 Å². The first kappa shape index (κ1) is 12.9. The molecule has 0 aliphatic heterocycles. The van der Waals surface area contributed by atoms with Crippen LogP contribution in [-0.2, 0) is 0 Å². The molecule has 0 saturated carbocycles. The molecule has 2 aromatic rings. The van der Waals surface area contributed by atoms with E-state index >= 15 is 0 Å². The molecule has 1 N–H and O–H groups in total. The lowest BCUT2D eigenvalue weighted by atomic mass is 10.2. The van der Waals surface area contributed by atoms with Crippen molar-refractivity contribution >= 4 is 17.6 Å². The number of nitrogens with zero attached hydrogens (tertiary/aromatic N) is 2. The number of nitrogens with one attached hydrogen (secondary N) is 1. The first-order chi connectivity index (χ1) is 8.79. The Kier molecular flexibility index (Phi) is 4.59. The van der Waals surface area contributed by atoms with Crippen molar-refractivity contribution in [1.82, 2.24) is 9.97 Å². The van der Waals surface area contributed by atoms with Gasteiger partial charge in [0.15, 0.2) is 0 Å². The van der Waals surface area contributed by atoms with Crippen LogP contribution in [0, 0.1) is 6.92 Å². The molecule has 0 fully saturated rings. The molecule has 0 unspecified atom stereocenters. The van der Waals surface area contributed by atoms with Crippen LogP contribution in [0.2, 0.25) is 0 Å². The summed E-state index contributed by atoms with van der Waals surface area (Å²) in [6.07, 6.45) is 4.64. The molecule has 18 heavy (non-hydrogen) atoms. The summed E-state index contributed by atoms with van der Waals surface area (Å²) in [5.41, 5.74) is 1.26. The highest BCUT2D eigenvalue weighted by Crippen LogP contribution is 2.28. The van der Waals surface area contributed by atoms with Crippen LogP contribution in [0.25, 0.3) is 0 Å². The summed E-state index contributed by atoms with van der Waals surface area (Å²) in [5.74, 6) is 0.843. The monoisotopic (exact) mass is 259 g/mol. The highest BCUT2D eigenvalue weighted by atomic mass is 32.2. The van der Waals surface area contributed by atoms with Crippen LogP contribution in [0.4, 0.5) is 5.82 Å². The summed E-state index contributed by atoms with van der Waals surface area (Å²) < 4.78 is 0. The topological polar surface area (TPSA) is 37.8 Å². The van der Waals surface area contributed by atoms with Crippen LogP contribution in [-0.4, -0.2) is 16.5 Å². The Morgan fingerprint density at radius 3 is 2.83 bits per heavy atom. The average Bonchev–Trinajstić information content (AvgIpc) is 2.40. The van der Waals surface area contributed by atoms with E-state index in [-0.39, 0.29) is 0 Å². The van der Waals surface area contributed by atoms with Gasteiger partial charge in [-0.15, -0.1) is 0 Å². The van der Waals surface area contributed by atoms with Gasteiger partial charge in [-0.2, -0.15) is 0 Å². The molecule has 1 heterocycles. The van der Waals surface area contributed by atoms with Crippen molar-refractivity contribution in [3.8, 4) is 0 Å². The fourth-order valence-corrected chi connectivity index (χ4v) is 2.38. The SMILES string of the molecule is CCCNc1cncc(Sc2ccccc2C)n1. The van der Waals surface area contributed by atoms with Crippen LogP contribution in [0.1, 0.15) is 18.9 Å². The number of hydrogen-bond acceptors (Lipinski definition) is 4. The molecule has 0 atom stereocenters. The lowest BCUT2D eigenvalue weighted by molar-refractivity contribution is 0.948. The minimum absolute atomic E-state index is 0.843. The normalized spacial score (nSPS) is 10.3. The maximum Gasteiger partial charge on any atom is 0.145 e. The number of aromatic nitrogens is 2. The van der Waals surface area contributed by atoms with E-state index in [4.69, 9.17) is 0 Å². The van der Waals surface area contributed by atoms with Crippen LogP contribution < -0.4 is 5.32 Å². The lowest BCUT2D eigenvalue weighted by Crippen LogP contribution is -2.02. The molecular weight excluding hydrogens is 242 g/mol. The van der Waals surface area contributed by atoms with Gasteiger partial charge in [-0.1, -0.05) is 36.9 Å². The molecular formula is C14H17N3S. The predicted octanol–water partition coefficient (Wildman–Crippen LogP) is 3.76. The summed E-state index contributed by atoms with van der Waals surface area (Å²) >= 11 is 1.65. The van der Waals surface area contributed by atoms with Gasteiger partial charge in [-0.3, -0.25) is 4.98 Å². The Bertz CT molecular complexity index is 514. The second-order valence-corrected chi connectivity index (χ2v) is 5.10. The molecule has 1 aromatic carbocycles. The molecule has 0 aliphatic carbocycles. The molecule has 94 valence electrons. The van der Waals surface area contributed by atoms with Crippen LogP contribution in [0.5, 0.6) is 0 Å². The molecule has 1 aromatic heterocycles. The smallest absolute Gasteiger partial charge is 0.145 e. The summed E-state index contributed by atoms with van der Waals surface area (Å²) in [6.45, 7) is 5.16. The fourth-order valence-electron chi connectivity index (χ4n) is 1.52. The zero-order valence-corrected chi connectivity index (χ0v) is 11.5. The van der Waals surface area contributed by atoms with Crippen molar-refractivity contribution in [3.63, 3.8) is 0 Å². The molecule has 4 heteroatoms. The summed E-state index contributed by atoms with van der Waals surface area (Å²) in [5, 5.41) is 4.17. The van der Waals surface area contributed by atoms with E-state index < -0.39 is 0 Å². The van der Waals surface area contributed by atoms with Crippen molar-refractivity contribution in [2.45, 2.75) is 30.2 Å². The maximum atomic E-state index is 4.54. The largest absolute Gasteiger partial charge is 0.369 e. The predicted molar refractivity (Wildman–Crippen MR) is 76.1 cm³/mol. The minimum Gasteiger partial charge on any atom is -0.369 e. The van der Waals surface area contributed by atoms with Crippen LogP contribution in [0.15, 0.2) is 46.6 Å². The lowest BCUT2D eigenvalue weighted by Gasteiger charge is -2.06. The second-order valence-electron chi connectivity index (χ2n) is 4.04. The van der Waals surface area contributed by atoms with Crippen molar-refractivity contribution in [3.05, 3.63) is 42.2 Å². The van der Waals surface area contributed by atoms with E-state index in [0.717, 1.165) is 23.8 Å². The van der Waals surface area contributed by atoms with Gasteiger partial charge >= 0.3 is 0 Å². The highest BCUT2D eigenvalue weighted by molar-refractivity contribution is 7.99. The van der Waals surface area contributed by atoms with Crippen LogP contribution >= 0.6 is 11.8 Å². The van der Waals surface area contributed by atoms with Crippen molar-refractivity contribution < 1.29 is 0 Å². The average molecular weight is 259 g/mol. The van der Waals surface area contributed by atoms with Gasteiger partial charge in [0.1, 0.15) is 10.8 Å². The zero-order chi connectivity index (χ0) is 12.8. The van der Waals surface area contributed by atoms with Crippen LogP contribution in [0.3, 0.4) is 0 Å². The number of benzene rings is 1. The van der Waals surface area contributed by atoms with E-state index in [9.17, 15) is 0 Å². The molecule has 0 amide bonds. The van der Waals surface area contributed by atoms with Gasteiger partial charge in [0.2, 0.25) is 0 Å². The number of hydrogen-bond donors (Lipinski definition) is 1. The zero-order valence-electron chi connectivity index (χ0n) is 10.7. The summed E-state index contributed by atoms with van der Waals surface area (Å²) in [6, 6.07) is 8.30. The van der Waals surface area contributed by atoms with E-state index in [0.29, 0.717) is 0 Å². The molecule has 0 radical (unpaired) electrons. The molecule has 0 aliphatic rings. The van der Waals surface area contributed by atoms with Gasteiger partial charge < -0.3 is 5.32 Å². The minimum atomic E-state index is 0.843. The third-order valence-electron chi connectivity index (χ3n) is 2.48. The maximum absolute atomic E-state index is 4.54. The summed E-state index contributed by atoms with van der Waals surface area (Å²) in [4.78, 5) is 9.98. The Labute approximate surface area is 112 Å². The van der Waals surface area contributed by atoms with Crippen molar-refractivity contribution in [2.24, 2.45) is 0 Å². The third kappa shape index (κ3) is 3.47. The Morgan fingerprint density at radius 2 is 2.06 bits per heavy atom. The standard InChI is InChI=1S/C14H17N3S/c1-3-8-16-13-9-15-10-14(17-13)18-12-7-5-4-6-11(12)2/h4-7,9-10H,3,8H2,1-2H3,(H,16,17). The quantitative estimate of drug-likeness (QED) is 0.887. The van der Waals surface area contributed by atoms with Gasteiger partial charge in [0.25, 0.3) is 0 Å². The first-order valence-electron chi connectivity index (χ1n) is 6.09. The summed E-state index contributed by atoms with van der Waals surface area (Å²) in [7, 11) is 0. The molecule has 3 nitrogen and oxygen atoms in total. The molecule has 0 bridgehead atoms. The first-order valence-corrected chi connectivity index (χ1v) is 6.90. The van der Waals surface area contributed by atoms with E-state index in [2.05, 4.69) is 41.3 Å². The number of anilines is 1.